The van der Waals surface area contributed by atoms with Crippen molar-refractivity contribution in [1.82, 2.24) is 0 Å². The minimum Gasteiger partial charge on any atom is -0.478 e. The lowest BCUT2D eigenvalue weighted by atomic mass is 10.5. The normalized spacial score (nSPS) is 8.00. The molecule has 0 rings (SSSR count). The van der Waals surface area contributed by atoms with Gasteiger partial charge in [-0.05, 0) is 11.0 Å². The van der Waals surface area contributed by atoms with Crippen LogP contribution in [0, 0.1) is 0 Å². The van der Waals surface area contributed by atoms with E-state index >= 15 is 0 Å². The van der Waals surface area contributed by atoms with Crippen LogP contribution in [0.4, 0.5) is 0 Å². The zero-order valence-electron chi connectivity index (χ0n) is 13.0. The maximum atomic E-state index is 9.55. The van der Waals surface area contributed by atoms with Crippen LogP contribution in [0.15, 0.2) is 49.6 Å². The molecule has 6 N–H and O–H groups in total. The Morgan fingerprint density at radius 1 is 0.444 bits per heavy atom. The van der Waals surface area contributed by atoms with Crippen LogP contribution >= 0.6 is 0 Å². The van der Waals surface area contributed by atoms with Crippen molar-refractivity contribution in [3.63, 3.8) is 0 Å². The second-order valence-electron chi connectivity index (χ2n) is 3.10. The van der Waals surface area contributed by atoms with Crippen molar-refractivity contribution in [2.24, 2.45) is 0 Å². The predicted octanol–water partition coefficient (Wildman–Crippen LogP) is -1.51. The average Bonchev–Trinajstić information content (AvgIpc) is 2.52. The van der Waals surface area contributed by atoms with Gasteiger partial charge in [0.15, 0.2) is 0 Å². The fourth-order valence-electron chi connectivity index (χ4n) is 0.285. The number of carboxylic acid groups (broad SMARTS) is 6. The monoisotopic (exact) mass is 408 g/mol. The highest BCUT2D eigenvalue weighted by molar-refractivity contribution is 5.90. The number of hydrogen-bond donors (Lipinski definition) is 6. The van der Waals surface area contributed by atoms with Gasteiger partial charge in [-0.25, -0.2) is 28.8 Å². The molecule has 13 heteroatoms. The molecule has 0 bridgehead atoms. The van der Waals surface area contributed by atoms with Crippen molar-refractivity contribution in [1.29, 1.82) is 0 Å². The third-order valence-corrected chi connectivity index (χ3v) is 1.09. The fraction of sp³-hybridized carbons (Fsp3) is 0. The SMILES string of the molecule is C=CC(=O)O.C=CC(=O)O.O=C(O)C=CC(=O)O.O=C(O)C=CC(=O)O.[SiH4]. The smallest absolute Gasteiger partial charge is 0.328 e. The van der Waals surface area contributed by atoms with Gasteiger partial charge in [0.1, 0.15) is 0 Å². The molecule has 0 unspecified atom stereocenters. The van der Waals surface area contributed by atoms with Crippen LogP contribution in [0.25, 0.3) is 0 Å². The van der Waals surface area contributed by atoms with Crippen LogP contribution in [0.5, 0.6) is 0 Å². The first kappa shape index (κ1) is 34.4. The number of hydrogen-bond acceptors (Lipinski definition) is 6. The van der Waals surface area contributed by atoms with Crippen LogP contribution in [0.3, 0.4) is 0 Å². The lowest BCUT2D eigenvalue weighted by Gasteiger charge is -1.74. The van der Waals surface area contributed by atoms with E-state index in [4.69, 9.17) is 30.6 Å². The summed E-state index contributed by atoms with van der Waals surface area (Å²) in [5.74, 6) is -6.99. The summed E-state index contributed by atoms with van der Waals surface area (Å²) in [6.45, 7) is 5.92. The molecular formula is C14H20O12Si. The van der Waals surface area contributed by atoms with Crippen LogP contribution in [-0.4, -0.2) is 77.4 Å². The highest BCUT2D eigenvalue weighted by Crippen LogP contribution is 1.71. The van der Waals surface area contributed by atoms with Gasteiger partial charge in [-0.1, -0.05) is 13.2 Å². The Kier molecular flexibility index (Phi) is 30.9. The number of aliphatic carboxylic acids is 6. The topological polar surface area (TPSA) is 224 Å². The van der Waals surface area contributed by atoms with E-state index < -0.39 is 35.8 Å². The van der Waals surface area contributed by atoms with Crippen LogP contribution in [0.2, 0.25) is 0 Å². The van der Waals surface area contributed by atoms with E-state index in [2.05, 4.69) is 13.2 Å². The first-order valence-electron chi connectivity index (χ1n) is 5.78. The Hall–Kier alpha value is -4.00. The van der Waals surface area contributed by atoms with Crippen molar-refractivity contribution < 1.29 is 59.4 Å². The molecular weight excluding hydrogens is 388 g/mol. The van der Waals surface area contributed by atoms with E-state index in [-0.39, 0.29) is 11.0 Å². The fourth-order valence-corrected chi connectivity index (χ4v) is 0.285. The molecule has 0 fully saturated rings. The summed E-state index contributed by atoms with van der Waals surface area (Å²) in [6, 6.07) is 0. The number of carbonyl (C=O) groups is 6. The van der Waals surface area contributed by atoms with Gasteiger partial charge in [0.05, 0.1) is 0 Å². The van der Waals surface area contributed by atoms with Crippen LogP contribution in [0.1, 0.15) is 0 Å². The van der Waals surface area contributed by atoms with E-state index in [9.17, 15) is 28.8 Å². The Bertz CT molecular complexity index is 505. The number of carboxylic acids is 6. The maximum absolute atomic E-state index is 9.55. The maximum Gasteiger partial charge on any atom is 0.328 e. The Labute approximate surface area is 156 Å². The van der Waals surface area contributed by atoms with E-state index in [1.807, 2.05) is 0 Å². The van der Waals surface area contributed by atoms with Crippen molar-refractivity contribution in [2.45, 2.75) is 0 Å². The van der Waals surface area contributed by atoms with E-state index in [1.54, 1.807) is 0 Å². The molecule has 0 amide bonds. The molecule has 0 atom stereocenters. The molecule has 12 nitrogen and oxygen atoms in total. The van der Waals surface area contributed by atoms with Gasteiger partial charge < -0.3 is 30.6 Å². The van der Waals surface area contributed by atoms with E-state index in [0.29, 0.717) is 24.3 Å². The summed E-state index contributed by atoms with van der Waals surface area (Å²) in [6.07, 6.45) is 3.90. The molecule has 0 spiro atoms. The lowest BCUT2D eigenvalue weighted by Crippen LogP contribution is -1.91. The quantitative estimate of drug-likeness (QED) is 0.218. The van der Waals surface area contributed by atoms with E-state index in [1.165, 1.54) is 0 Å². The van der Waals surface area contributed by atoms with Gasteiger partial charge >= 0.3 is 35.8 Å². The standard InChI is InChI=1S/2C4H4O4.2C3H4O2.H4Si/c2*5-3(6)1-2-4(7)8;2*1-2-3(4)5;/h2*1-2H,(H,5,6)(H,7,8);2*2H,1H2,(H,4,5);1H4. The first-order chi connectivity index (χ1) is 11.8. The molecule has 0 aromatic rings. The van der Waals surface area contributed by atoms with Crippen molar-refractivity contribution in [2.75, 3.05) is 0 Å². The summed E-state index contributed by atoms with van der Waals surface area (Å²) in [4.78, 5) is 56.7. The third kappa shape index (κ3) is 88.0. The Balaban J connectivity index is -0.0000000807. The van der Waals surface area contributed by atoms with Gasteiger partial charge in [0, 0.05) is 36.5 Å². The Morgan fingerprint density at radius 2 is 0.556 bits per heavy atom. The largest absolute Gasteiger partial charge is 0.478 e. The first-order valence-corrected chi connectivity index (χ1v) is 5.78. The van der Waals surface area contributed by atoms with Gasteiger partial charge in [-0.2, -0.15) is 0 Å². The van der Waals surface area contributed by atoms with Crippen LogP contribution < -0.4 is 0 Å². The summed E-state index contributed by atoms with van der Waals surface area (Å²) >= 11 is 0. The Morgan fingerprint density at radius 3 is 0.593 bits per heavy atom. The molecule has 0 saturated heterocycles. The van der Waals surface area contributed by atoms with Gasteiger partial charge in [0.25, 0.3) is 0 Å². The average molecular weight is 408 g/mol. The second kappa shape index (κ2) is 24.3. The number of rotatable bonds is 6. The van der Waals surface area contributed by atoms with Crippen molar-refractivity contribution in [3.8, 4) is 0 Å². The van der Waals surface area contributed by atoms with Gasteiger partial charge in [-0.15, -0.1) is 0 Å². The van der Waals surface area contributed by atoms with Crippen LogP contribution in [-0.2, 0) is 28.8 Å². The minimum absolute atomic E-state index is 0. The van der Waals surface area contributed by atoms with Crippen molar-refractivity contribution in [3.05, 3.63) is 49.6 Å². The molecule has 0 aliphatic heterocycles. The molecule has 0 heterocycles. The summed E-state index contributed by atoms with van der Waals surface area (Å²) < 4.78 is 0. The molecule has 0 aromatic carbocycles. The summed E-state index contributed by atoms with van der Waals surface area (Å²) in [5.41, 5.74) is 0. The third-order valence-electron chi connectivity index (χ3n) is 1.09. The molecule has 0 saturated carbocycles. The van der Waals surface area contributed by atoms with Crippen molar-refractivity contribution >= 4 is 46.8 Å². The summed E-state index contributed by atoms with van der Waals surface area (Å²) in [7, 11) is 0. The molecule has 0 aliphatic carbocycles. The zero-order valence-corrected chi connectivity index (χ0v) is 13.0. The molecule has 152 valence electrons. The second-order valence-corrected chi connectivity index (χ2v) is 3.10. The van der Waals surface area contributed by atoms with Gasteiger partial charge in [0.2, 0.25) is 0 Å². The zero-order chi connectivity index (χ0) is 21.7. The molecule has 0 aromatic heterocycles. The minimum atomic E-state index is -1.26. The van der Waals surface area contributed by atoms with E-state index in [0.717, 1.165) is 12.2 Å². The highest BCUT2D eigenvalue weighted by atomic mass is 28.1. The lowest BCUT2D eigenvalue weighted by molar-refractivity contribution is -0.134. The molecule has 27 heavy (non-hydrogen) atoms. The predicted molar refractivity (Wildman–Crippen MR) is 95.8 cm³/mol. The highest BCUT2D eigenvalue weighted by Gasteiger charge is 1.88. The summed E-state index contributed by atoms with van der Waals surface area (Å²) in [5, 5.41) is 46.5. The molecule has 0 aliphatic rings. The van der Waals surface area contributed by atoms with Gasteiger partial charge in [-0.3, -0.25) is 0 Å². The molecule has 0 radical (unpaired) electrons.